The molecule has 1 aromatic heterocycles. The van der Waals surface area contributed by atoms with E-state index in [0.29, 0.717) is 5.56 Å². The van der Waals surface area contributed by atoms with Gasteiger partial charge in [-0.15, -0.1) is 0 Å². The number of hydrogen-bond acceptors (Lipinski definition) is 4. The first-order chi connectivity index (χ1) is 11.1. The first kappa shape index (κ1) is 16.0. The van der Waals surface area contributed by atoms with Crippen LogP contribution >= 0.6 is 15.9 Å². The number of carbonyl (C=O) groups is 1. The fourth-order valence-corrected chi connectivity index (χ4v) is 2.90. The SMILES string of the molecule is CN1CCN(C(=O)c2ccc(Nc3cccc(Br)c3)nc2)CC1. The Morgan fingerprint density at radius 2 is 1.96 bits per heavy atom. The number of piperazine rings is 1. The monoisotopic (exact) mass is 374 g/mol. The highest BCUT2D eigenvalue weighted by molar-refractivity contribution is 9.10. The van der Waals surface area contributed by atoms with E-state index in [0.717, 1.165) is 42.2 Å². The minimum Gasteiger partial charge on any atom is -0.340 e. The van der Waals surface area contributed by atoms with Gasteiger partial charge in [-0.25, -0.2) is 4.98 Å². The molecule has 0 aliphatic carbocycles. The van der Waals surface area contributed by atoms with Gasteiger partial charge in [0.1, 0.15) is 5.82 Å². The summed E-state index contributed by atoms with van der Waals surface area (Å²) in [6.45, 7) is 3.38. The first-order valence-corrected chi connectivity index (χ1v) is 8.37. The zero-order chi connectivity index (χ0) is 16.2. The summed E-state index contributed by atoms with van der Waals surface area (Å²) < 4.78 is 1.00. The Morgan fingerprint density at radius 1 is 1.17 bits per heavy atom. The highest BCUT2D eigenvalue weighted by Gasteiger charge is 2.20. The fourth-order valence-electron chi connectivity index (χ4n) is 2.50. The molecule has 0 spiro atoms. The molecule has 1 amide bonds. The van der Waals surface area contributed by atoms with E-state index >= 15 is 0 Å². The number of amides is 1. The van der Waals surface area contributed by atoms with Gasteiger partial charge in [0.25, 0.3) is 5.91 Å². The predicted octanol–water partition coefficient (Wildman–Crippen LogP) is 2.98. The number of carbonyl (C=O) groups excluding carboxylic acids is 1. The third-order valence-electron chi connectivity index (χ3n) is 3.90. The molecule has 0 bridgehead atoms. The zero-order valence-electron chi connectivity index (χ0n) is 13.0. The second-order valence-electron chi connectivity index (χ2n) is 5.66. The van der Waals surface area contributed by atoms with Crippen LogP contribution in [-0.4, -0.2) is 53.9 Å². The molecule has 0 unspecified atom stereocenters. The van der Waals surface area contributed by atoms with E-state index in [4.69, 9.17) is 0 Å². The highest BCUT2D eigenvalue weighted by Crippen LogP contribution is 2.19. The number of benzene rings is 1. The Labute approximate surface area is 144 Å². The van der Waals surface area contributed by atoms with Gasteiger partial charge in [-0.3, -0.25) is 4.79 Å². The van der Waals surface area contributed by atoms with Gasteiger partial charge in [0.2, 0.25) is 0 Å². The maximum Gasteiger partial charge on any atom is 0.255 e. The van der Waals surface area contributed by atoms with E-state index in [1.54, 1.807) is 6.20 Å². The summed E-state index contributed by atoms with van der Waals surface area (Å²) in [6.07, 6.45) is 1.64. The molecule has 5 nitrogen and oxygen atoms in total. The molecular formula is C17H19BrN4O. The second-order valence-corrected chi connectivity index (χ2v) is 6.58. The lowest BCUT2D eigenvalue weighted by atomic mass is 10.2. The summed E-state index contributed by atoms with van der Waals surface area (Å²) in [4.78, 5) is 20.9. The molecule has 1 saturated heterocycles. The standard InChI is InChI=1S/C17H19BrN4O/c1-21-7-9-22(10-8-21)17(23)13-5-6-16(19-12-13)20-15-4-2-3-14(18)11-15/h2-6,11-12H,7-10H2,1H3,(H,19,20). The van der Waals surface area contributed by atoms with E-state index in [9.17, 15) is 4.79 Å². The molecule has 0 saturated carbocycles. The molecule has 120 valence electrons. The summed E-state index contributed by atoms with van der Waals surface area (Å²) in [7, 11) is 2.08. The summed E-state index contributed by atoms with van der Waals surface area (Å²) in [5.74, 6) is 0.776. The van der Waals surface area contributed by atoms with Crippen molar-refractivity contribution >= 4 is 33.3 Å². The van der Waals surface area contributed by atoms with E-state index < -0.39 is 0 Å². The lowest BCUT2D eigenvalue weighted by Gasteiger charge is -2.32. The van der Waals surface area contributed by atoms with Crippen molar-refractivity contribution in [2.75, 3.05) is 38.5 Å². The smallest absolute Gasteiger partial charge is 0.255 e. The van der Waals surface area contributed by atoms with Crippen LogP contribution in [0, 0.1) is 0 Å². The van der Waals surface area contributed by atoms with Crippen LogP contribution in [0.4, 0.5) is 11.5 Å². The van der Waals surface area contributed by atoms with Crippen LogP contribution < -0.4 is 5.32 Å². The topological polar surface area (TPSA) is 48.5 Å². The van der Waals surface area contributed by atoms with Gasteiger partial charge in [0, 0.05) is 42.5 Å². The second kappa shape index (κ2) is 7.10. The van der Waals surface area contributed by atoms with Crippen LogP contribution in [0.1, 0.15) is 10.4 Å². The first-order valence-electron chi connectivity index (χ1n) is 7.58. The number of hydrogen-bond donors (Lipinski definition) is 1. The summed E-state index contributed by atoms with van der Waals surface area (Å²) >= 11 is 3.44. The largest absolute Gasteiger partial charge is 0.340 e. The Balaban J connectivity index is 1.66. The Kier molecular flexibility index (Phi) is 4.93. The molecule has 1 aliphatic heterocycles. The Morgan fingerprint density at radius 3 is 2.61 bits per heavy atom. The average molecular weight is 375 g/mol. The number of pyridine rings is 1. The van der Waals surface area contributed by atoms with Gasteiger partial charge < -0.3 is 15.1 Å². The third kappa shape index (κ3) is 4.09. The molecule has 2 aromatic rings. The number of nitrogens with one attached hydrogen (secondary N) is 1. The van der Waals surface area contributed by atoms with Crippen LogP contribution in [0.2, 0.25) is 0 Å². The number of nitrogens with zero attached hydrogens (tertiary/aromatic N) is 3. The molecule has 1 aliphatic rings. The van der Waals surface area contributed by atoms with Gasteiger partial charge in [-0.2, -0.15) is 0 Å². The van der Waals surface area contributed by atoms with Crippen molar-refractivity contribution in [3.8, 4) is 0 Å². The van der Waals surface area contributed by atoms with E-state index in [2.05, 4.69) is 38.2 Å². The summed E-state index contributed by atoms with van der Waals surface area (Å²) in [5, 5.41) is 3.22. The lowest BCUT2D eigenvalue weighted by Crippen LogP contribution is -2.47. The molecular weight excluding hydrogens is 356 g/mol. The molecule has 1 N–H and O–H groups in total. The van der Waals surface area contributed by atoms with Crippen LogP contribution in [0.5, 0.6) is 0 Å². The van der Waals surface area contributed by atoms with Crippen molar-refractivity contribution in [3.05, 3.63) is 52.6 Å². The zero-order valence-corrected chi connectivity index (χ0v) is 14.6. The van der Waals surface area contributed by atoms with Crippen molar-refractivity contribution in [1.82, 2.24) is 14.8 Å². The lowest BCUT2D eigenvalue weighted by molar-refractivity contribution is 0.0663. The van der Waals surface area contributed by atoms with E-state index in [1.807, 2.05) is 41.3 Å². The van der Waals surface area contributed by atoms with Crippen LogP contribution in [0.15, 0.2) is 47.1 Å². The maximum atomic E-state index is 12.5. The molecule has 0 atom stereocenters. The minimum atomic E-state index is 0.0552. The van der Waals surface area contributed by atoms with Crippen molar-refractivity contribution < 1.29 is 4.79 Å². The number of anilines is 2. The fraction of sp³-hybridized carbons (Fsp3) is 0.294. The Hall–Kier alpha value is -1.92. The maximum absolute atomic E-state index is 12.5. The number of rotatable bonds is 3. The van der Waals surface area contributed by atoms with Gasteiger partial charge >= 0.3 is 0 Å². The minimum absolute atomic E-state index is 0.0552. The summed E-state index contributed by atoms with van der Waals surface area (Å²) in [5.41, 5.74) is 1.58. The van der Waals surface area contributed by atoms with Crippen LogP contribution in [-0.2, 0) is 0 Å². The molecule has 1 aromatic carbocycles. The Bertz CT molecular complexity index is 681. The molecule has 1 fully saturated rings. The summed E-state index contributed by atoms with van der Waals surface area (Å²) in [6, 6.07) is 11.5. The van der Waals surface area contributed by atoms with Crippen molar-refractivity contribution in [1.29, 1.82) is 0 Å². The predicted molar refractivity (Wildman–Crippen MR) is 95.1 cm³/mol. The number of aromatic nitrogens is 1. The van der Waals surface area contributed by atoms with Crippen LogP contribution in [0.25, 0.3) is 0 Å². The van der Waals surface area contributed by atoms with E-state index in [1.165, 1.54) is 0 Å². The molecule has 2 heterocycles. The highest BCUT2D eigenvalue weighted by atomic mass is 79.9. The third-order valence-corrected chi connectivity index (χ3v) is 4.39. The van der Waals surface area contributed by atoms with Crippen molar-refractivity contribution in [3.63, 3.8) is 0 Å². The van der Waals surface area contributed by atoms with Gasteiger partial charge in [0.05, 0.1) is 5.56 Å². The van der Waals surface area contributed by atoms with Crippen molar-refractivity contribution in [2.45, 2.75) is 0 Å². The number of halogens is 1. The quantitative estimate of drug-likeness (QED) is 0.896. The average Bonchev–Trinajstić information content (AvgIpc) is 2.56. The molecule has 3 rings (SSSR count). The van der Waals surface area contributed by atoms with Crippen molar-refractivity contribution in [2.24, 2.45) is 0 Å². The normalized spacial score (nSPS) is 15.5. The van der Waals surface area contributed by atoms with Gasteiger partial charge in [-0.1, -0.05) is 22.0 Å². The van der Waals surface area contributed by atoms with Gasteiger partial charge in [-0.05, 0) is 37.4 Å². The molecule has 0 radical (unpaired) electrons. The number of likely N-dealkylation sites (N-methyl/N-ethyl adjacent to an activating group) is 1. The van der Waals surface area contributed by atoms with Gasteiger partial charge in [0.15, 0.2) is 0 Å². The van der Waals surface area contributed by atoms with Crippen LogP contribution in [0.3, 0.4) is 0 Å². The molecule has 23 heavy (non-hydrogen) atoms. The van der Waals surface area contributed by atoms with E-state index in [-0.39, 0.29) is 5.91 Å². The molecule has 6 heteroatoms.